The van der Waals surface area contributed by atoms with Crippen LogP contribution >= 0.6 is 11.7 Å². The molecule has 0 aliphatic carbocycles. The minimum absolute atomic E-state index is 0.134. The Hall–Kier alpha value is -1.54. The van der Waals surface area contributed by atoms with Crippen LogP contribution in [0.25, 0.3) is 0 Å². The summed E-state index contributed by atoms with van der Waals surface area (Å²) in [7, 11) is 0. The smallest absolute Gasteiger partial charge is 0.296 e. The molecule has 70 valence electrons. The largest absolute Gasteiger partial charge is 0.368 e. The minimum Gasteiger partial charge on any atom is -0.368 e. The van der Waals surface area contributed by atoms with E-state index in [1.165, 1.54) is 6.20 Å². The zero-order chi connectivity index (χ0) is 9.68. The van der Waals surface area contributed by atoms with Gasteiger partial charge >= 0.3 is 0 Å². The van der Waals surface area contributed by atoms with Crippen LogP contribution in [0, 0.1) is 0 Å². The van der Waals surface area contributed by atoms with E-state index in [4.69, 9.17) is 5.73 Å². The van der Waals surface area contributed by atoms with E-state index in [9.17, 15) is 9.59 Å². The van der Waals surface area contributed by atoms with Crippen molar-refractivity contribution in [2.45, 2.75) is 0 Å². The molecule has 0 bridgehead atoms. The molecule has 7 nitrogen and oxygen atoms in total. The Labute approximate surface area is 77.2 Å². The fraction of sp³-hybridized carbons (Fsp3) is 0.200. The van der Waals surface area contributed by atoms with Gasteiger partial charge in [0.1, 0.15) is 0 Å². The number of rotatable bonds is 4. The van der Waals surface area contributed by atoms with E-state index in [0.29, 0.717) is 0 Å². The lowest BCUT2D eigenvalue weighted by Crippen LogP contribution is -2.29. The summed E-state index contributed by atoms with van der Waals surface area (Å²) in [5.74, 6) is -1.23. The second-order valence-corrected chi connectivity index (χ2v) is 2.54. The number of amides is 2. The molecule has 0 aromatic carbocycles. The number of nitrogens with zero attached hydrogens (tertiary/aromatic N) is 2. The van der Waals surface area contributed by atoms with Crippen molar-refractivity contribution in [2.75, 3.05) is 6.61 Å². The van der Waals surface area contributed by atoms with Crippen molar-refractivity contribution in [3.8, 4) is 0 Å². The van der Waals surface area contributed by atoms with Crippen LogP contribution in [0.5, 0.6) is 0 Å². The molecule has 8 heteroatoms. The van der Waals surface area contributed by atoms with Crippen LogP contribution in [-0.2, 0) is 9.63 Å². The number of hydrogen-bond acceptors (Lipinski definition) is 6. The van der Waals surface area contributed by atoms with Gasteiger partial charge in [-0.15, -0.1) is 0 Å². The first kappa shape index (κ1) is 9.55. The summed E-state index contributed by atoms with van der Waals surface area (Å²) in [6.07, 6.45) is 1.29. The molecule has 13 heavy (non-hydrogen) atoms. The lowest BCUT2D eigenvalue weighted by molar-refractivity contribution is -0.124. The van der Waals surface area contributed by atoms with E-state index in [-0.39, 0.29) is 12.3 Å². The van der Waals surface area contributed by atoms with E-state index < -0.39 is 11.8 Å². The fourth-order valence-corrected chi connectivity index (χ4v) is 0.902. The van der Waals surface area contributed by atoms with Crippen molar-refractivity contribution in [1.29, 1.82) is 0 Å². The molecule has 3 N–H and O–H groups in total. The van der Waals surface area contributed by atoms with Crippen LogP contribution in [-0.4, -0.2) is 27.2 Å². The van der Waals surface area contributed by atoms with Crippen LogP contribution in [0.4, 0.5) is 0 Å². The molecule has 0 saturated heterocycles. The summed E-state index contributed by atoms with van der Waals surface area (Å²) < 4.78 is 7.25. The highest BCUT2D eigenvalue weighted by Crippen LogP contribution is 1.93. The minimum atomic E-state index is -0.670. The zero-order valence-electron chi connectivity index (χ0n) is 6.39. The number of primary amides is 1. The third-order valence-corrected chi connectivity index (χ3v) is 1.45. The van der Waals surface area contributed by atoms with E-state index in [1.54, 1.807) is 0 Å². The van der Waals surface area contributed by atoms with E-state index in [0.717, 1.165) is 11.7 Å². The molecular formula is C5H6N4O3S. The van der Waals surface area contributed by atoms with Crippen LogP contribution in [0.1, 0.15) is 10.5 Å². The summed E-state index contributed by atoms with van der Waals surface area (Å²) in [4.78, 5) is 25.6. The summed E-state index contributed by atoms with van der Waals surface area (Å²) in [5.41, 5.74) is 6.87. The molecule has 0 unspecified atom stereocenters. The zero-order valence-corrected chi connectivity index (χ0v) is 7.21. The first-order valence-electron chi connectivity index (χ1n) is 3.18. The van der Waals surface area contributed by atoms with Gasteiger partial charge in [-0.25, -0.2) is 5.48 Å². The third-order valence-electron chi connectivity index (χ3n) is 0.973. The Morgan fingerprint density at radius 1 is 1.69 bits per heavy atom. The Morgan fingerprint density at radius 3 is 3.00 bits per heavy atom. The van der Waals surface area contributed by atoms with Gasteiger partial charge in [0.2, 0.25) is 5.91 Å². The van der Waals surface area contributed by atoms with Crippen molar-refractivity contribution < 1.29 is 14.4 Å². The fourth-order valence-electron chi connectivity index (χ4n) is 0.490. The maximum absolute atomic E-state index is 11.0. The van der Waals surface area contributed by atoms with Crippen molar-refractivity contribution >= 4 is 23.5 Å². The van der Waals surface area contributed by atoms with Crippen molar-refractivity contribution in [2.24, 2.45) is 5.73 Å². The molecule has 2 amide bonds. The van der Waals surface area contributed by atoms with Crippen LogP contribution in [0.2, 0.25) is 0 Å². The van der Waals surface area contributed by atoms with Gasteiger partial charge in [0.05, 0.1) is 17.9 Å². The number of carbonyl (C=O) groups is 2. The number of carbonyl (C=O) groups excluding carboxylic acids is 2. The average molecular weight is 202 g/mol. The van der Waals surface area contributed by atoms with Gasteiger partial charge in [-0.3, -0.25) is 14.4 Å². The topological polar surface area (TPSA) is 107 Å². The molecule has 0 aliphatic rings. The molecule has 0 aliphatic heterocycles. The molecule has 0 fully saturated rings. The summed E-state index contributed by atoms with van der Waals surface area (Å²) in [6, 6.07) is 0. The van der Waals surface area contributed by atoms with Crippen LogP contribution < -0.4 is 11.2 Å². The highest BCUT2D eigenvalue weighted by molar-refractivity contribution is 6.99. The van der Waals surface area contributed by atoms with Crippen LogP contribution in [0.3, 0.4) is 0 Å². The van der Waals surface area contributed by atoms with Crippen molar-refractivity contribution in [3.05, 3.63) is 11.9 Å². The first-order chi connectivity index (χ1) is 6.20. The normalized spacial score (nSPS) is 9.54. The number of nitrogens with one attached hydrogen (secondary N) is 1. The molecule has 1 aromatic heterocycles. The highest BCUT2D eigenvalue weighted by Gasteiger charge is 2.08. The Kier molecular flexibility index (Phi) is 3.29. The molecule has 0 atom stereocenters. The van der Waals surface area contributed by atoms with Crippen molar-refractivity contribution in [1.82, 2.24) is 14.2 Å². The number of hydroxylamine groups is 1. The van der Waals surface area contributed by atoms with E-state index >= 15 is 0 Å². The number of nitrogens with two attached hydrogens (primary N) is 1. The lowest BCUT2D eigenvalue weighted by Gasteiger charge is -1.99. The standard InChI is InChI=1S/C5H6N4O3S/c6-4(10)2-12-8-5(11)3-1-7-13-9-3/h1H,2H2,(H2,6,10)(H,8,11). The van der Waals surface area contributed by atoms with Gasteiger partial charge in [-0.1, -0.05) is 0 Å². The number of hydrogen-bond donors (Lipinski definition) is 2. The molecule has 1 aromatic rings. The molecule has 0 radical (unpaired) electrons. The predicted molar refractivity (Wildman–Crippen MR) is 42.5 cm³/mol. The SMILES string of the molecule is NC(=O)CONC(=O)c1cnsn1. The highest BCUT2D eigenvalue weighted by atomic mass is 32.1. The first-order valence-corrected chi connectivity index (χ1v) is 3.91. The third kappa shape index (κ3) is 3.13. The maximum atomic E-state index is 11.0. The monoisotopic (exact) mass is 202 g/mol. The van der Waals surface area contributed by atoms with Gasteiger partial charge in [-0.2, -0.15) is 8.75 Å². The van der Waals surface area contributed by atoms with Crippen molar-refractivity contribution in [3.63, 3.8) is 0 Å². The molecular weight excluding hydrogens is 196 g/mol. The molecule has 0 saturated carbocycles. The van der Waals surface area contributed by atoms with Gasteiger partial charge < -0.3 is 5.73 Å². The maximum Gasteiger partial charge on any atom is 0.296 e. The second-order valence-electron chi connectivity index (χ2n) is 1.98. The summed E-state index contributed by atoms with van der Waals surface area (Å²) in [5, 5.41) is 0. The van der Waals surface area contributed by atoms with Gasteiger partial charge in [0, 0.05) is 0 Å². The van der Waals surface area contributed by atoms with Gasteiger partial charge in [0.25, 0.3) is 5.91 Å². The quantitative estimate of drug-likeness (QED) is 0.589. The van der Waals surface area contributed by atoms with E-state index in [1.807, 2.05) is 5.48 Å². The Morgan fingerprint density at radius 2 is 2.46 bits per heavy atom. The molecule has 0 spiro atoms. The van der Waals surface area contributed by atoms with Gasteiger partial charge in [0.15, 0.2) is 12.3 Å². The Balaban J connectivity index is 2.31. The average Bonchev–Trinajstić information content (AvgIpc) is 2.55. The summed E-state index contributed by atoms with van der Waals surface area (Å²) >= 11 is 0.900. The Bertz CT molecular complexity index is 299. The van der Waals surface area contributed by atoms with Crippen LogP contribution in [0.15, 0.2) is 6.20 Å². The molecule has 1 rings (SSSR count). The number of aromatic nitrogens is 2. The van der Waals surface area contributed by atoms with E-state index in [2.05, 4.69) is 13.6 Å². The predicted octanol–water partition coefficient (Wildman–Crippen LogP) is -1.32. The molecule has 1 heterocycles. The lowest BCUT2D eigenvalue weighted by atomic mass is 10.5. The summed E-state index contributed by atoms with van der Waals surface area (Å²) in [6.45, 7) is -0.372. The second kappa shape index (κ2) is 4.48. The van der Waals surface area contributed by atoms with Gasteiger partial charge in [-0.05, 0) is 0 Å².